The first-order chi connectivity index (χ1) is 8.70. The van der Waals surface area contributed by atoms with Crippen LogP contribution in [0, 0.1) is 0 Å². The smallest absolute Gasteiger partial charge is 0.332 e. The number of nitrogens with one attached hydrogen (secondary N) is 1. The molecule has 110 valence electrons. The average Bonchev–Trinajstić information content (AvgIpc) is 2.75. The number of rotatable bonds is 6. The van der Waals surface area contributed by atoms with E-state index in [1.807, 2.05) is 0 Å². The van der Waals surface area contributed by atoms with Gasteiger partial charge in [-0.3, -0.25) is 0 Å². The molecule has 0 saturated carbocycles. The molecule has 19 heavy (non-hydrogen) atoms. The van der Waals surface area contributed by atoms with E-state index in [4.69, 9.17) is 5.73 Å². The molecule has 0 unspecified atom stereocenters. The van der Waals surface area contributed by atoms with Crippen LogP contribution in [0.2, 0.25) is 0 Å². The number of imidazole rings is 1. The maximum absolute atomic E-state index is 12.4. The number of nitrogens with two attached hydrogens (primary N) is 1. The van der Waals surface area contributed by atoms with E-state index in [1.165, 1.54) is 0 Å². The molecule has 0 fully saturated rings. The lowest BCUT2D eigenvalue weighted by molar-refractivity contribution is -0.136. The molecule has 1 rings (SSSR count). The largest absolute Gasteiger partial charge is 0.402 e. The molecule has 0 aliphatic heterocycles. The second-order valence-corrected chi connectivity index (χ2v) is 5.70. The Morgan fingerprint density at radius 2 is 2.11 bits per heavy atom. The van der Waals surface area contributed by atoms with Crippen LogP contribution in [-0.4, -0.2) is 48.5 Å². The average molecular weight is 300 g/mol. The summed E-state index contributed by atoms with van der Waals surface area (Å²) in [7, 11) is -4.27. The van der Waals surface area contributed by atoms with Crippen molar-refractivity contribution in [1.82, 2.24) is 14.3 Å². The zero-order chi connectivity index (χ0) is 14.7. The SMILES string of the molecule is CCc1ncc(S(=O)(=O)N(CCN)CC(F)(F)F)[nH]1. The third kappa shape index (κ3) is 4.18. The molecular formula is C9H15F3N4O2S. The molecule has 0 saturated heterocycles. The third-order valence-corrected chi connectivity index (χ3v) is 4.05. The number of aromatic amines is 1. The van der Waals surface area contributed by atoms with Crippen LogP contribution in [0.25, 0.3) is 0 Å². The molecule has 1 aromatic heterocycles. The number of sulfonamides is 1. The Kier molecular flexibility index (Phi) is 4.93. The van der Waals surface area contributed by atoms with Gasteiger partial charge in [-0.2, -0.15) is 17.5 Å². The second-order valence-electron chi connectivity index (χ2n) is 3.79. The van der Waals surface area contributed by atoms with Crippen LogP contribution in [0.1, 0.15) is 12.7 Å². The van der Waals surface area contributed by atoms with E-state index in [0.29, 0.717) is 16.6 Å². The quantitative estimate of drug-likeness (QED) is 0.799. The Morgan fingerprint density at radius 3 is 2.53 bits per heavy atom. The maximum Gasteiger partial charge on any atom is 0.402 e. The molecule has 1 aromatic rings. The van der Waals surface area contributed by atoms with Gasteiger partial charge in [0.05, 0.1) is 6.20 Å². The first kappa shape index (κ1) is 15.9. The van der Waals surface area contributed by atoms with E-state index >= 15 is 0 Å². The predicted octanol–water partition coefficient (Wildman–Crippen LogP) is 0.484. The van der Waals surface area contributed by atoms with Crippen molar-refractivity contribution in [3.8, 4) is 0 Å². The Bertz CT molecular complexity index is 512. The van der Waals surface area contributed by atoms with Gasteiger partial charge in [-0.05, 0) is 0 Å². The highest BCUT2D eigenvalue weighted by Crippen LogP contribution is 2.21. The van der Waals surface area contributed by atoms with Crippen LogP contribution in [0.4, 0.5) is 13.2 Å². The molecule has 3 N–H and O–H groups in total. The number of alkyl halides is 3. The van der Waals surface area contributed by atoms with Crippen molar-refractivity contribution < 1.29 is 21.6 Å². The van der Waals surface area contributed by atoms with Crippen LogP contribution in [0.5, 0.6) is 0 Å². The maximum atomic E-state index is 12.4. The summed E-state index contributed by atoms with van der Waals surface area (Å²) in [5.41, 5.74) is 5.16. The number of hydrogen-bond donors (Lipinski definition) is 2. The van der Waals surface area contributed by atoms with Crippen molar-refractivity contribution >= 4 is 10.0 Å². The zero-order valence-electron chi connectivity index (χ0n) is 10.2. The van der Waals surface area contributed by atoms with Gasteiger partial charge in [0, 0.05) is 19.5 Å². The molecular weight excluding hydrogens is 285 g/mol. The van der Waals surface area contributed by atoms with Crippen molar-refractivity contribution in [3.05, 3.63) is 12.0 Å². The van der Waals surface area contributed by atoms with Crippen molar-refractivity contribution in [3.63, 3.8) is 0 Å². The monoisotopic (exact) mass is 300 g/mol. The first-order valence-electron chi connectivity index (χ1n) is 5.51. The minimum Gasteiger partial charge on any atom is -0.332 e. The van der Waals surface area contributed by atoms with Crippen LogP contribution in [0.15, 0.2) is 11.2 Å². The summed E-state index contributed by atoms with van der Waals surface area (Å²) in [4.78, 5) is 6.24. The standard InChI is InChI=1S/C9H15F3N4O2S/c1-2-7-14-5-8(15-7)19(17,18)16(4-3-13)6-9(10,11)12/h5H,2-4,6,13H2,1H3,(H,14,15). The Labute approximate surface area is 108 Å². The number of halogens is 3. The molecule has 0 atom stereocenters. The molecule has 0 aliphatic rings. The first-order valence-corrected chi connectivity index (χ1v) is 6.95. The molecule has 1 heterocycles. The summed E-state index contributed by atoms with van der Waals surface area (Å²) in [5, 5.41) is -0.359. The van der Waals surface area contributed by atoms with E-state index < -0.39 is 29.3 Å². The molecule has 0 radical (unpaired) electrons. The van der Waals surface area contributed by atoms with Gasteiger partial charge in [-0.15, -0.1) is 0 Å². The second kappa shape index (κ2) is 5.88. The fourth-order valence-corrected chi connectivity index (χ4v) is 2.79. The van der Waals surface area contributed by atoms with Crippen molar-refractivity contribution in [2.24, 2.45) is 5.73 Å². The number of H-pyrrole nitrogens is 1. The fourth-order valence-electron chi connectivity index (χ4n) is 1.42. The van der Waals surface area contributed by atoms with E-state index in [9.17, 15) is 21.6 Å². The highest BCUT2D eigenvalue weighted by atomic mass is 32.2. The van der Waals surface area contributed by atoms with E-state index in [1.54, 1.807) is 6.92 Å². The van der Waals surface area contributed by atoms with Crippen molar-refractivity contribution in [1.29, 1.82) is 0 Å². The number of aryl methyl sites for hydroxylation is 1. The van der Waals surface area contributed by atoms with Gasteiger partial charge < -0.3 is 10.7 Å². The van der Waals surface area contributed by atoms with Gasteiger partial charge in [-0.25, -0.2) is 13.4 Å². The summed E-state index contributed by atoms with van der Waals surface area (Å²) < 4.78 is 61.5. The molecule has 6 nitrogen and oxygen atoms in total. The van der Waals surface area contributed by atoms with Crippen molar-refractivity contribution in [2.75, 3.05) is 19.6 Å². The highest BCUT2D eigenvalue weighted by molar-refractivity contribution is 7.89. The van der Waals surface area contributed by atoms with E-state index in [0.717, 1.165) is 6.20 Å². The van der Waals surface area contributed by atoms with Crippen LogP contribution < -0.4 is 5.73 Å². The van der Waals surface area contributed by atoms with Crippen LogP contribution in [0.3, 0.4) is 0 Å². The molecule has 0 aliphatic carbocycles. The molecule has 0 spiro atoms. The summed E-state index contributed by atoms with van der Waals surface area (Å²) in [6.07, 6.45) is -3.17. The summed E-state index contributed by atoms with van der Waals surface area (Å²) in [5.74, 6) is 0.387. The Hall–Kier alpha value is -1.13. The lowest BCUT2D eigenvalue weighted by atomic mass is 10.5. The number of aromatic nitrogens is 2. The van der Waals surface area contributed by atoms with Gasteiger partial charge in [0.25, 0.3) is 10.0 Å². The van der Waals surface area contributed by atoms with Gasteiger partial charge in [-0.1, -0.05) is 6.92 Å². The van der Waals surface area contributed by atoms with Crippen LogP contribution in [-0.2, 0) is 16.4 Å². The molecule has 0 bridgehead atoms. The number of hydrogen-bond acceptors (Lipinski definition) is 4. The Balaban J connectivity index is 3.05. The van der Waals surface area contributed by atoms with E-state index in [-0.39, 0.29) is 11.6 Å². The van der Waals surface area contributed by atoms with Gasteiger partial charge in [0.2, 0.25) is 0 Å². The highest BCUT2D eigenvalue weighted by Gasteiger charge is 2.37. The summed E-state index contributed by atoms with van der Waals surface area (Å²) >= 11 is 0. The molecule has 0 aromatic carbocycles. The number of nitrogens with zero attached hydrogens (tertiary/aromatic N) is 2. The normalized spacial score (nSPS) is 13.2. The molecule has 0 amide bonds. The minimum atomic E-state index is -4.63. The van der Waals surface area contributed by atoms with Gasteiger partial charge in [0.15, 0.2) is 5.03 Å². The van der Waals surface area contributed by atoms with Crippen molar-refractivity contribution in [2.45, 2.75) is 24.5 Å². The lowest BCUT2D eigenvalue weighted by Gasteiger charge is -2.21. The topological polar surface area (TPSA) is 92.1 Å². The lowest BCUT2D eigenvalue weighted by Crippen LogP contribution is -2.41. The Morgan fingerprint density at radius 1 is 1.47 bits per heavy atom. The van der Waals surface area contributed by atoms with Gasteiger partial charge in [0.1, 0.15) is 12.4 Å². The minimum absolute atomic E-state index is 0.204. The summed E-state index contributed by atoms with van der Waals surface area (Å²) in [6.45, 7) is -0.456. The van der Waals surface area contributed by atoms with E-state index in [2.05, 4.69) is 9.97 Å². The molecule has 10 heteroatoms. The summed E-state index contributed by atoms with van der Waals surface area (Å²) in [6, 6.07) is 0. The van der Waals surface area contributed by atoms with Crippen LogP contribution >= 0.6 is 0 Å². The predicted molar refractivity (Wildman–Crippen MR) is 61.8 cm³/mol. The zero-order valence-corrected chi connectivity index (χ0v) is 11.1. The fraction of sp³-hybridized carbons (Fsp3) is 0.667. The van der Waals surface area contributed by atoms with Gasteiger partial charge >= 0.3 is 6.18 Å². The third-order valence-electron chi connectivity index (χ3n) is 2.29.